The molecule has 0 radical (unpaired) electrons. The summed E-state index contributed by atoms with van der Waals surface area (Å²) in [6.45, 7) is 5.01. The largest absolute Gasteiger partial charge is 0.399 e. The molecular formula is C51H51N9OS. The number of anilines is 3. The summed E-state index contributed by atoms with van der Waals surface area (Å²) in [4.78, 5) is 42.7. The van der Waals surface area contributed by atoms with Gasteiger partial charge in [-0.25, -0.2) is 19.9 Å². The van der Waals surface area contributed by atoms with E-state index in [0.717, 1.165) is 97.4 Å². The van der Waals surface area contributed by atoms with Crippen molar-refractivity contribution in [2.75, 3.05) is 31.7 Å². The van der Waals surface area contributed by atoms with Gasteiger partial charge in [-0.05, 0) is 110 Å². The molecule has 9 rings (SSSR count). The van der Waals surface area contributed by atoms with Crippen LogP contribution in [0.2, 0.25) is 0 Å². The van der Waals surface area contributed by atoms with Gasteiger partial charge in [-0.2, -0.15) is 0 Å². The van der Waals surface area contributed by atoms with Crippen LogP contribution >= 0.6 is 11.8 Å². The number of carbonyl (C=O) groups is 1. The fourth-order valence-corrected chi connectivity index (χ4v) is 9.40. The van der Waals surface area contributed by atoms with E-state index in [2.05, 4.69) is 142 Å². The Labute approximate surface area is 367 Å². The Balaban J connectivity index is 0.927. The maximum absolute atomic E-state index is 14.0. The van der Waals surface area contributed by atoms with Crippen molar-refractivity contribution in [1.82, 2.24) is 34.7 Å². The average Bonchev–Trinajstić information content (AvgIpc) is 3.99. The summed E-state index contributed by atoms with van der Waals surface area (Å²) in [6.07, 6.45) is 14.7. The summed E-state index contributed by atoms with van der Waals surface area (Å²) < 4.78 is 0. The van der Waals surface area contributed by atoms with Crippen molar-refractivity contribution in [2.45, 2.75) is 60.9 Å². The van der Waals surface area contributed by atoms with Crippen LogP contribution in [0.5, 0.6) is 0 Å². The molecule has 4 N–H and O–H groups in total. The van der Waals surface area contributed by atoms with Crippen LogP contribution in [0.1, 0.15) is 56.6 Å². The molecule has 11 heteroatoms. The van der Waals surface area contributed by atoms with Gasteiger partial charge in [0.1, 0.15) is 18.0 Å². The maximum Gasteiger partial charge on any atom is 0.241 e. The third-order valence-corrected chi connectivity index (χ3v) is 12.9. The number of likely N-dealkylation sites (N-methyl/N-ethyl adjacent to an activating group) is 1. The lowest BCUT2D eigenvalue weighted by Gasteiger charge is -2.35. The molecule has 2 aliphatic rings. The quantitative estimate of drug-likeness (QED) is 0.103. The summed E-state index contributed by atoms with van der Waals surface area (Å²) in [5.74, 6) is 2.18. The van der Waals surface area contributed by atoms with E-state index >= 15 is 0 Å². The van der Waals surface area contributed by atoms with Gasteiger partial charge in [0, 0.05) is 45.4 Å². The second-order valence-corrected chi connectivity index (χ2v) is 17.7. The molecule has 4 heterocycles. The molecule has 1 fully saturated rings. The van der Waals surface area contributed by atoms with Gasteiger partial charge in [-0.3, -0.25) is 9.69 Å². The summed E-state index contributed by atoms with van der Waals surface area (Å²) in [6, 6.07) is 35.5. The number of pyridine rings is 1. The zero-order chi connectivity index (χ0) is 42.7. The standard InChI is InChI=1S/C51H51N9OS/c1-32(2)42-26-25-41-48(56-42)54-31-55-49(41)57-43-29-38(20-27-46(43)62-40-23-21-39(52)22-24-40)35-14-12-33(13-15-35)34-16-18-36(19-17-34)44-30-53-50(58-44)45-11-8-28-60(45)51(61)47(59(3)4)37-9-6-5-7-10-37/h5-7,9,12-27,29-32,37,45,47H,8,10-11,28,52H2,1-4H3,(H,53,58)(H,54,55,56,57)/t37?,45-,47+/m0/s1. The molecule has 1 aliphatic carbocycles. The van der Waals surface area contributed by atoms with E-state index in [9.17, 15) is 4.79 Å². The van der Waals surface area contributed by atoms with E-state index in [1.807, 2.05) is 49.5 Å². The van der Waals surface area contributed by atoms with E-state index in [1.54, 1.807) is 18.1 Å². The number of H-pyrrole nitrogens is 1. The molecule has 1 unspecified atom stereocenters. The first-order chi connectivity index (χ1) is 30.2. The monoisotopic (exact) mass is 837 g/mol. The van der Waals surface area contributed by atoms with Crippen LogP contribution in [0.3, 0.4) is 0 Å². The third kappa shape index (κ3) is 8.64. The molecule has 10 nitrogen and oxygen atoms in total. The Morgan fingerprint density at radius 2 is 1.56 bits per heavy atom. The van der Waals surface area contributed by atoms with Crippen LogP contribution in [0.15, 0.2) is 150 Å². The number of amides is 1. The number of nitrogens with one attached hydrogen (secondary N) is 2. The number of nitrogen functional groups attached to an aromatic ring is 1. The van der Waals surface area contributed by atoms with Crippen molar-refractivity contribution in [3.05, 3.63) is 151 Å². The van der Waals surface area contributed by atoms with Crippen molar-refractivity contribution >= 4 is 45.9 Å². The van der Waals surface area contributed by atoms with Crippen molar-refractivity contribution in [1.29, 1.82) is 0 Å². The fourth-order valence-electron chi connectivity index (χ4n) is 8.51. The highest BCUT2D eigenvalue weighted by molar-refractivity contribution is 7.99. The normalized spacial score (nSPS) is 16.7. The number of benzene rings is 4. The Morgan fingerprint density at radius 3 is 2.26 bits per heavy atom. The Morgan fingerprint density at radius 1 is 0.855 bits per heavy atom. The van der Waals surface area contributed by atoms with Gasteiger partial charge in [0.25, 0.3) is 0 Å². The molecule has 4 aromatic carbocycles. The third-order valence-electron chi connectivity index (χ3n) is 11.9. The zero-order valence-corrected chi connectivity index (χ0v) is 36.3. The Bertz CT molecular complexity index is 2760. The van der Waals surface area contributed by atoms with Gasteiger partial charge < -0.3 is 20.9 Å². The first-order valence-corrected chi connectivity index (χ1v) is 22.1. The van der Waals surface area contributed by atoms with E-state index in [4.69, 9.17) is 15.7 Å². The van der Waals surface area contributed by atoms with E-state index < -0.39 is 0 Å². The number of aromatic amines is 1. The predicted octanol–water partition coefficient (Wildman–Crippen LogP) is 11.1. The number of hydrogen-bond donors (Lipinski definition) is 3. The number of nitrogens with zero attached hydrogens (tertiary/aromatic N) is 6. The lowest BCUT2D eigenvalue weighted by atomic mass is 9.90. The van der Waals surface area contributed by atoms with Gasteiger partial charge in [0.05, 0.1) is 28.9 Å². The molecule has 3 atom stereocenters. The highest BCUT2D eigenvalue weighted by atomic mass is 32.2. The number of nitrogens with two attached hydrogens (primary N) is 1. The summed E-state index contributed by atoms with van der Waals surface area (Å²) in [5, 5.41) is 4.50. The molecule has 312 valence electrons. The molecule has 62 heavy (non-hydrogen) atoms. The summed E-state index contributed by atoms with van der Waals surface area (Å²) >= 11 is 1.67. The lowest BCUT2D eigenvalue weighted by molar-refractivity contribution is -0.138. The second-order valence-electron chi connectivity index (χ2n) is 16.6. The number of fused-ring (bicyclic) bond motifs is 1. The number of imidazole rings is 1. The van der Waals surface area contributed by atoms with Crippen LogP contribution in [0, 0.1) is 5.92 Å². The maximum atomic E-state index is 14.0. The number of allylic oxidation sites excluding steroid dienone is 3. The van der Waals surface area contributed by atoms with Crippen molar-refractivity contribution < 1.29 is 4.79 Å². The predicted molar refractivity (Wildman–Crippen MR) is 252 cm³/mol. The number of aromatic nitrogens is 5. The molecular weight excluding hydrogens is 787 g/mol. The summed E-state index contributed by atoms with van der Waals surface area (Å²) in [5.41, 5.74) is 15.6. The lowest BCUT2D eigenvalue weighted by Crippen LogP contribution is -2.49. The number of carbonyl (C=O) groups excluding carboxylic acids is 1. The molecule has 3 aromatic heterocycles. The van der Waals surface area contributed by atoms with E-state index in [-0.39, 0.29) is 23.9 Å². The van der Waals surface area contributed by atoms with E-state index in [1.165, 1.54) is 0 Å². The van der Waals surface area contributed by atoms with Gasteiger partial charge in [-0.15, -0.1) is 0 Å². The molecule has 0 saturated carbocycles. The molecule has 0 bridgehead atoms. The molecule has 1 aliphatic heterocycles. The minimum atomic E-state index is -0.208. The fraction of sp³-hybridized carbons (Fsp3) is 0.235. The Kier molecular flexibility index (Phi) is 11.7. The van der Waals surface area contributed by atoms with Gasteiger partial charge in [-0.1, -0.05) is 105 Å². The smallest absolute Gasteiger partial charge is 0.241 e. The Hall–Kier alpha value is -6.56. The molecule has 1 amide bonds. The molecule has 7 aromatic rings. The van der Waals surface area contributed by atoms with Crippen LogP contribution < -0.4 is 11.1 Å². The molecule has 0 spiro atoms. The van der Waals surface area contributed by atoms with E-state index in [0.29, 0.717) is 17.4 Å². The summed E-state index contributed by atoms with van der Waals surface area (Å²) in [7, 11) is 4.01. The highest BCUT2D eigenvalue weighted by Gasteiger charge is 2.39. The minimum Gasteiger partial charge on any atom is -0.399 e. The van der Waals surface area contributed by atoms with Crippen LogP contribution in [-0.4, -0.2) is 67.3 Å². The minimum absolute atomic E-state index is 0.0623. The van der Waals surface area contributed by atoms with Gasteiger partial charge in [0.15, 0.2) is 5.65 Å². The topological polar surface area (TPSA) is 129 Å². The second kappa shape index (κ2) is 17.8. The average molecular weight is 838 g/mol. The van der Waals surface area contributed by atoms with Gasteiger partial charge in [0.2, 0.25) is 5.91 Å². The van der Waals surface area contributed by atoms with Crippen LogP contribution in [0.25, 0.3) is 44.5 Å². The zero-order valence-electron chi connectivity index (χ0n) is 35.5. The highest BCUT2D eigenvalue weighted by Crippen LogP contribution is 2.40. The first-order valence-electron chi connectivity index (χ1n) is 21.3. The van der Waals surface area contributed by atoms with Crippen molar-refractivity contribution in [3.63, 3.8) is 0 Å². The van der Waals surface area contributed by atoms with Crippen LogP contribution in [0.4, 0.5) is 17.2 Å². The van der Waals surface area contributed by atoms with Crippen molar-refractivity contribution in [2.24, 2.45) is 5.92 Å². The first kappa shape index (κ1) is 40.8. The van der Waals surface area contributed by atoms with Crippen molar-refractivity contribution in [3.8, 4) is 33.5 Å². The van der Waals surface area contributed by atoms with Crippen LogP contribution in [-0.2, 0) is 4.79 Å². The number of hydrogen-bond acceptors (Lipinski definition) is 9. The SMILES string of the molecule is CC(C)c1ccc2c(Nc3cc(-c4ccc(-c5ccc(-c6c[nH]c([C@@H]7CCCN7C(=O)[C@@H](C7C=CC=CC7)N(C)C)n6)cc5)cc4)ccc3Sc3ccc(N)cc3)ncnc2n1. The number of likely N-dealkylation sites (tertiary alicyclic amines) is 1. The van der Waals surface area contributed by atoms with Gasteiger partial charge >= 0.3 is 0 Å². The molecule has 1 saturated heterocycles. The number of rotatable bonds is 12.